The fourth-order valence-corrected chi connectivity index (χ4v) is 3.74. The molecule has 1 unspecified atom stereocenters. The number of nitrogens with zero attached hydrogens (tertiary/aromatic N) is 1. The third-order valence-electron chi connectivity index (χ3n) is 5.24. The molecular formula is C24H27NO5. The second kappa shape index (κ2) is 10.1. The zero-order valence-electron chi connectivity index (χ0n) is 17.3. The van der Waals surface area contributed by atoms with E-state index >= 15 is 0 Å². The summed E-state index contributed by atoms with van der Waals surface area (Å²) in [4.78, 5) is 27.5. The Morgan fingerprint density at radius 1 is 1.10 bits per heavy atom. The van der Waals surface area contributed by atoms with Gasteiger partial charge in [0.05, 0.1) is 18.7 Å². The molecular weight excluding hydrogens is 382 g/mol. The normalized spacial score (nSPS) is 16.3. The number of ether oxygens (including phenoxy) is 2. The van der Waals surface area contributed by atoms with E-state index in [0.717, 1.165) is 11.1 Å². The van der Waals surface area contributed by atoms with Gasteiger partial charge in [0.25, 0.3) is 5.91 Å². The van der Waals surface area contributed by atoms with E-state index in [1.54, 1.807) is 31.3 Å². The summed E-state index contributed by atoms with van der Waals surface area (Å²) >= 11 is 0. The van der Waals surface area contributed by atoms with Crippen LogP contribution in [0.3, 0.4) is 0 Å². The van der Waals surface area contributed by atoms with Crippen molar-refractivity contribution in [3.63, 3.8) is 0 Å². The van der Waals surface area contributed by atoms with Crippen LogP contribution in [-0.4, -0.2) is 49.1 Å². The van der Waals surface area contributed by atoms with E-state index in [9.17, 15) is 14.7 Å². The first-order valence-corrected chi connectivity index (χ1v) is 10.0. The molecule has 2 aromatic carbocycles. The monoisotopic (exact) mass is 409 g/mol. The standard InChI is InChI=1S/C24H27NO5/c1-29-15-7-14-25-22(18-10-6-11-19(16-18)30-2)21(23(27)24(25)28)20(26)13-12-17-8-4-3-5-9-17/h3-6,8-11,16,22,27H,7,12-15H2,1-2H3. The first-order valence-electron chi connectivity index (χ1n) is 10.0. The highest BCUT2D eigenvalue weighted by Crippen LogP contribution is 2.39. The number of Topliss-reactive ketones (excluding diaryl/α,β-unsaturated/α-hetero) is 1. The smallest absolute Gasteiger partial charge is 0.290 e. The Morgan fingerprint density at radius 2 is 1.87 bits per heavy atom. The zero-order chi connectivity index (χ0) is 21.5. The molecule has 6 heteroatoms. The first-order chi connectivity index (χ1) is 14.6. The number of hydrogen-bond acceptors (Lipinski definition) is 5. The van der Waals surface area contributed by atoms with E-state index in [-0.39, 0.29) is 17.8 Å². The van der Waals surface area contributed by atoms with Crippen molar-refractivity contribution >= 4 is 11.7 Å². The average molecular weight is 409 g/mol. The minimum Gasteiger partial charge on any atom is -0.503 e. The van der Waals surface area contributed by atoms with Gasteiger partial charge in [0, 0.05) is 26.7 Å². The van der Waals surface area contributed by atoms with E-state index in [4.69, 9.17) is 9.47 Å². The van der Waals surface area contributed by atoms with Gasteiger partial charge in [-0.05, 0) is 36.1 Å². The number of carbonyl (C=O) groups is 2. The van der Waals surface area contributed by atoms with Crippen LogP contribution in [0.15, 0.2) is 65.9 Å². The molecule has 2 aromatic rings. The van der Waals surface area contributed by atoms with Gasteiger partial charge in [0.1, 0.15) is 5.75 Å². The molecule has 0 spiro atoms. The van der Waals surface area contributed by atoms with E-state index < -0.39 is 17.7 Å². The van der Waals surface area contributed by atoms with E-state index in [0.29, 0.717) is 31.7 Å². The number of aliphatic hydroxyl groups is 1. The lowest BCUT2D eigenvalue weighted by Gasteiger charge is -2.27. The minimum absolute atomic E-state index is 0.154. The average Bonchev–Trinajstić information content (AvgIpc) is 3.03. The maximum Gasteiger partial charge on any atom is 0.290 e. The molecule has 0 radical (unpaired) electrons. The van der Waals surface area contributed by atoms with Gasteiger partial charge in [-0.3, -0.25) is 9.59 Å². The summed E-state index contributed by atoms with van der Waals surface area (Å²) in [5.74, 6) is -0.591. The van der Waals surface area contributed by atoms with Crippen LogP contribution in [-0.2, 0) is 20.7 Å². The van der Waals surface area contributed by atoms with Crippen molar-refractivity contribution in [2.24, 2.45) is 0 Å². The van der Waals surface area contributed by atoms with Crippen LogP contribution < -0.4 is 4.74 Å². The van der Waals surface area contributed by atoms with Crippen LogP contribution in [0, 0.1) is 0 Å². The van der Waals surface area contributed by atoms with Gasteiger partial charge in [-0.2, -0.15) is 0 Å². The Kier molecular flexibility index (Phi) is 7.25. The van der Waals surface area contributed by atoms with Crippen LogP contribution in [0.1, 0.15) is 30.0 Å². The largest absolute Gasteiger partial charge is 0.503 e. The molecule has 0 aromatic heterocycles. The molecule has 0 saturated carbocycles. The quantitative estimate of drug-likeness (QED) is 0.607. The van der Waals surface area contributed by atoms with Crippen LogP contribution in [0.5, 0.6) is 5.75 Å². The van der Waals surface area contributed by atoms with Crippen molar-refractivity contribution < 1.29 is 24.2 Å². The molecule has 1 aliphatic rings. The molecule has 1 N–H and O–H groups in total. The fraction of sp³-hybridized carbons (Fsp3) is 0.333. The zero-order valence-corrected chi connectivity index (χ0v) is 17.3. The molecule has 1 heterocycles. The van der Waals surface area contributed by atoms with Crippen molar-refractivity contribution in [3.05, 3.63) is 77.1 Å². The Labute approximate surface area is 176 Å². The molecule has 0 aliphatic carbocycles. The van der Waals surface area contributed by atoms with Gasteiger partial charge in [0.15, 0.2) is 11.5 Å². The van der Waals surface area contributed by atoms with Gasteiger partial charge in [-0.25, -0.2) is 0 Å². The van der Waals surface area contributed by atoms with Crippen molar-refractivity contribution in [1.29, 1.82) is 0 Å². The van der Waals surface area contributed by atoms with E-state index in [2.05, 4.69) is 0 Å². The maximum absolute atomic E-state index is 13.1. The fourth-order valence-electron chi connectivity index (χ4n) is 3.74. The first kappa shape index (κ1) is 21.6. The highest BCUT2D eigenvalue weighted by molar-refractivity contribution is 6.09. The number of benzene rings is 2. The number of ketones is 1. The van der Waals surface area contributed by atoms with Gasteiger partial charge < -0.3 is 19.5 Å². The van der Waals surface area contributed by atoms with Crippen LogP contribution >= 0.6 is 0 Å². The number of rotatable bonds is 10. The number of amides is 1. The summed E-state index contributed by atoms with van der Waals surface area (Å²) in [5.41, 5.74) is 1.92. The van der Waals surface area contributed by atoms with Crippen LogP contribution in [0.25, 0.3) is 0 Å². The second-order valence-electron chi connectivity index (χ2n) is 7.20. The highest BCUT2D eigenvalue weighted by Gasteiger charge is 2.42. The number of aryl methyl sites for hydroxylation is 1. The lowest BCUT2D eigenvalue weighted by atomic mass is 9.93. The van der Waals surface area contributed by atoms with Gasteiger partial charge in [-0.1, -0.05) is 42.5 Å². The Hall–Kier alpha value is -3.12. The van der Waals surface area contributed by atoms with Crippen LogP contribution in [0.2, 0.25) is 0 Å². The summed E-state index contributed by atoms with van der Waals surface area (Å²) < 4.78 is 10.4. The molecule has 0 bridgehead atoms. The molecule has 30 heavy (non-hydrogen) atoms. The number of carbonyl (C=O) groups excluding carboxylic acids is 2. The Bertz CT molecular complexity index is 922. The third-order valence-corrected chi connectivity index (χ3v) is 5.24. The molecule has 1 atom stereocenters. The summed E-state index contributed by atoms with van der Waals surface area (Å²) in [7, 11) is 3.16. The second-order valence-corrected chi connectivity index (χ2v) is 7.20. The molecule has 1 aliphatic heterocycles. The summed E-state index contributed by atoms with van der Waals surface area (Å²) in [6, 6.07) is 16.3. The molecule has 6 nitrogen and oxygen atoms in total. The van der Waals surface area contributed by atoms with E-state index in [1.807, 2.05) is 42.5 Å². The number of hydrogen-bond donors (Lipinski definition) is 1. The summed E-state index contributed by atoms with van der Waals surface area (Å²) in [6.07, 6.45) is 1.35. The topological polar surface area (TPSA) is 76.1 Å². The Morgan fingerprint density at radius 3 is 2.57 bits per heavy atom. The SMILES string of the molecule is COCCCN1C(=O)C(O)=C(C(=O)CCc2ccccc2)C1c1cccc(OC)c1. The maximum atomic E-state index is 13.1. The molecule has 3 rings (SSSR count). The van der Waals surface area contributed by atoms with Gasteiger partial charge in [-0.15, -0.1) is 0 Å². The summed E-state index contributed by atoms with van der Waals surface area (Å²) in [5, 5.41) is 10.6. The van der Waals surface area contributed by atoms with Crippen molar-refractivity contribution in [2.45, 2.75) is 25.3 Å². The van der Waals surface area contributed by atoms with Crippen LogP contribution in [0.4, 0.5) is 0 Å². The van der Waals surface area contributed by atoms with E-state index in [1.165, 1.54) is 0 Å². The van der Waals surface area contributed by atoms with Gasteiger partial charge >= 0.3 is 0 Å². The van der Waals surface area contributed by atoms with Gasteiger partial charge in [0.2, 0.25) is 0 Å². The number of methoxy groups -OCH3 is 2. The predicted molar refractivity (Wildman–Crippen MR) is 113 cm³/mol. The molecule has 0 fully saturated rings. The van der Waals surface area contributed by atoms with Crippen molar-refractivity contribution in [1.82, 2.24) is 4.90 Å². The molecule has 158 valence electrons. The third kappa shape index (κ3) is 4.71. The minimum atomic E-state index is -0.646. The summed E-state index contributed by atoms with van der Waals surface area (Å²) in [6.45, 7) is 0.848. The van der Waals surface area contributed by atoms with Crippen molar-refractivity contribution in [3.8, 4) is 5.75 Å². The highest BCUT2D eigenvalue weighted by atomic mass is 16.5. The molecule has 0 saturated heterocycles. The number of aliphatic hydroxyl groups excluding tert-OH is 1. The lowest BCUT2D eigenvalue weighted by molar-refractivity contribution is -0.129. The predicted octanol–water partition coefficient (Wildman–Crippen LogP) is 3.63. The Balaban J connectivity index is 1.90. The lowest BCUT2D eigenvalue weighted by Crippen LogP contribution is -2.32. The molecule has 1 amide bonds. The van der Waals surface area contributed by atoms with Crippen molar-refractivity contribution in [2.75, 3.05) is 27.4 Å².